The topological polar surface area (TPSA) is 133 Å². The number of aromatic nitrogens is 4. The molecule has 0 aliphatic carbocycles. The van der Waals surface area contributed by atoms with Gasteiger partial charge in [0.05, 0.1) is 24.3 Å². The molecule has 2 aromatic rings. The molecule has 10 heteroatoms. The summed E-state index contributed by atoms with van der Waals surface area (Å²) >= 11 is 0. The van der Waals surface area contributed by atoms with Crippen molar-refractivity contribution in [3.05, 3.63) is 30.5 Å². The number of nitrogen functional groups attached to an aromatic ring is 1. The van der Waals surface area contributed by atoms with Crippen molar-refractivity contribution in [3.8, 4) is 0 Å². The highest BCUT2D eigenvalue weighted by Crippen LogP contribution is 2.10. The van der Waals surface area contributed by atoms with Crippen LogP contribution in [0.5, 0.6) is 0 Å². The Bertz CT molecular complexity index is 723. The summed E-state index contributed by atoms with van der Waals surface area (Å²) in [6.07, 6.45) is 6.04. The van der Waals surface area contributed by atoms with Crippen LogP contribution in [0.25, 0.3) is 0 Å². The molecule has 2 aromatic heterocycles. The molecule has 0 saturated carbocycles. The molecule has 2 heterocycles. The fourth-order valence-corrected chi connectivity index (χ4v) is 1.79. The van der Waals surface area contributed by atoms with Crippen LogP contribution in [0.4, 0.5) is 11.5 Å². The van der Waals surface area contributed by atoms with Crippen molar-refractivity contribution in [1.82, 2.24) is 19.2 Å². The maximum Gasteiger partial charge on any atom is 0.278 e. The molecule has 0 radical (unpaired) electrons. The second kappa shape index (κ2) is 4.65. The second-order valence-electron chi connectivity index (χ2n) is 3.61. The lowest BCUT2D eigenvalue weighted by Crippen LogP contribution is -2.16. The van der Waals surface area contributed by atoms with E-state index in [1.807, 2.05) is 0 Å². The van der Waals surface area contributed by atoms with E-state index < -0.39 is 15.9 Å². The monoisotopic (exact) mass is 282 g/mol. The standard InChI is InChI=1S/C9H10N6O3S/c1-19(17,18)15-5-6(4-13-15)14-9(16)7-8(10)12-3-2-11-7/h2-5H,1H3,(H2,10,12)(H,14,16). The van der Waals surface area contributed by atoms with E-state index in [1.54, 1.807) is 0 Å². The minimum absolute atomic E-state index is 0.0181. The van der Waals surface area contributed by atoms with Gasteiger partial charge in [-0.1, -0.05) is 0 Å². The van der Waals surface area contributed by atoms with Crippen LogP contribution in [0.1, 0.15) is 10.5 Å². The number of nitrogens with one attached hydrogen (secondary N) is 1. The fourth-order valence-electron chi connectivity index (χ4n) is 1.26. The number of nitrogens with two attached hydrogens (primary N) is 1. The lowest BCUT2D eigenvalue weighted by Gasteiger charge is -2.02. The van der Waals surface area contributed by atoms with Gasteiger partial charge in [-0.3, -0.25) is 4.79 Å². The van der Waals surface area contributed by atoms with Crippen LogP contribution in [0.2, 0.25) is 0 Å². The number of carbonyl (C=O) groups excluding carboxylic acids is 1. The number of hydrogen-bond acceptors (Lipinski definition) is 7. The van der Waals surface area contributed by atoms with Gasteiger partial charge in [0, 0.05) is 12.4 Å². The van der Waals surface area contributed by atoms with Gasteiger partial charge in [-0.2, -0.15) is 9.19 Å². The average molecular weight is 282 g/mol. The van der Waals surface area contributed by atoms with Crippen molar-refractivity contribution in [2.45, 2.75) is 0 Å². The maximum atomic E-state index is 11.8. The van der Waals surface area contributed by atoms with E-state index in [4.69, 9.17) is 5.73 Å². The van der Waals surface area contributed by atoms with E-state index in [2.05, 4.69) is 20.4 Å². The lowest BCUT2D eigenvalue weighted by atomic mass is 10.3. The first-order valence-corrected chi connectivity index (χ1v) is 6.86. The first kappa shape index (κ1) is 13.0. The Hall–Kier alpha value is -2.49. The summed E-state index contributed by atoms with van der Waals surface area (Å²) in [4.78, 5) is 19.3. The molecule has 0 saturated heterocycles. The predicted molar refractivity (Wildman–Crippen MR) is 66.9 cm³/mol. The summed E-state index contributed by atoms with van der Waals surface area (Å²) in [5, 5.41) is 6.03. The van der Waals surface area contributed by atoms with Gasteiger partial charge in [0.1, 0.15) is 0 Å². The van der Waals surface area contributed by atoms with E-state index in [1.165, 1.54) is 24.8 Å². The van der Waals surface area contributed by atoms with E-state index in [9.17, 15) is 13.2 Å². The van der Waals surface area contributed by atoms with Gasteiger partial charge in [-0.25, -0.2) is 18.4 Å². The molecule has 0 bridgehead atoms. The minimum Gasteiger partial charge on any atom is -0.382 e. The zero-order chi connectivity index (χ0) is 14.0. The van der Waals surface area contributed by atoms with Crippen LogP contribution in [0.15, 0.2) is 24.8 Å². The number of hydrogen-bond donors (Lipinski definition) is 2. The molecule has 19 heavy (non-hydrogen) atoms. The van der Waals surface area contributed by atoms with E-state index >= 15 is 0 Å². The SMILES string of the molecule is CS(=O)(=O)n1cc(NC(=O)c2nccnc2N)cn1. The van der Waals surface area contributed by atoms with Crippen molar-refractivity contribution >= 4 is 27.4 Å². The third-order valence-electron chi connectivity index (χ3n) is 2.10. The number of amides is 1. The Morgan fingerprint density at radius 1 is 1.37 bits per heavy atom. The third-order valence-corrected chi connectivity index (χ3v) is 2.98. The zero-order valence-corrected chi connectivity index (χ0v) is 10.6. The Morgan fingerprint density at radius 3 is 2.63 bits per heavy atom. The summed E-state index contributed by atoms with van der Waals surface area (Å²) in [7, 11) is -3.49. The number of nitrogens with zero attached hydrogens (tertiary/aromatic N) is 4. The molecular formula is C9H10N6O3S. The van der Waals surface area contributed by atoms with E-state index in [0.29, 0.717) is 0 Å². The van der Waals surface area contributed by atoms with Gasteiger partial charge in [0.2, 0.25) is 0 Å². The highest BCUT2D eigenvalue weighted by atomic mass is 32.2. The van der Waals surface area contributed by atoms with Gasteiger partial charge in [-0.15, -0.1) is 0 Å². The molecule has 0 aromatic carbocycles. The lowest BCUT2D eigenvalue weighted by molar-refractivity contribution is 0.102. The van der Waals surface area contributed by atoms with Crippen LogP contribution in [-0.4, -0.2) is 39.7 Å². The summed E-state index contributed by atoms with van der Waals surface area (Å²) in [6, 6.07) is 0. The molecule has 2 rings (SSSR count). The van der Waals surface area contributed by atoms with Crippen LogP contribution in [0.3, 0.4) is 0 Å². The Kier molecular flexibility index (Phi) is 3.17. The minimum atomic E-state index is -3.49. The second-order valence-corrected chi connectivity index (χ2v) is 5.45. The third kappa shape index (κ3) is 2.85. The average Bonchev–Trinajstić information content (AvgIpc) is 2.77. The van der Waals surface area contributed by atoms with Gasteiger partial charge < -0.3 is 11.1 Å². The molecule has 0 aliphatic heterocycles. The molecule has 0 aliphatic rings. The Balaban J connectivity index is 2.21. The molecule has 0 spiro atoms. The van der Waals surface area contributed by atoms with Gasteiger partial charge >= 0.3 is 0 Å². The van der Waals surface area contributed by atoms with Crippen LogP contribution >= 0.6 is 0 Å². The van der Waals surface area contributed by atoms with Crippen LogP contribution < -0.4 is 11.1 Å². The van der Waals surface area contributed by atoms with Crippen molar-refractivity contribution in [2.24, 2.45) is 0 Å². The Labute approximate surface area is 108 Å². The molecule has 0 unspecified atom stereocenters. The highest BCUT2D eigenvalue weighted by molar-refractivity contribution is 7.89. The normalized spacial score (nSPS) is 11.2. The number of anilines is 2. The number of carbonyl (C=O) groups is 1. The van der Waals surface area contributed by atoms with Crippen molar-refractivity contribution < 1.29 is 13.2 Å². The molecule has 3 N–H and O–H groups in total. The summed E-state index contributed by atoms with van der Waals surface area (Å²) in [5.41, 5.74) is 5.66. The smallest absolute Gasteiger partial charge is 0.278 e. The first-order valence-electron chi connectivity index (χ1n) is 5.01. The quantitative estimate of drug-likeness (QED) is 0.761. The summed E-state index contributed by atoms with van der Waals surface area (Å²) in [5.74, 6) is -0.617. The molecular weight excluding hydrogens is 272 g/mol. The highest BCUT2D eigenvalue weighted by Gasteiger charge is 2.14. The van der Waals surface area contributed by atoms with E-state index in [0.717, 1.165) is 10.3 Å². The molecule has 100 valence electrons. The van der Waals surface area contributed by atoms with Gasteiger partial charge in [-0.05, 0) is 0 Å². The van der Waals surface area contributed by atoms with Crippen LogP contribution in [-0.2, 0) is 10.0 Å². The zero-order valence-electron chi connectivity index (χ0n) is 9.81. The van der Waals surface area contributed by atoms with Crippen molar-refractivity contribution in [2.75, 3.05) is 17.3 Å². The molecule has 9 nitrogen and oxygen atoms in total. The van der Waals surface area contributed by atoms with Gasteiger partial charge in [0.15, 0.2) is 11.5 Å². The largest absolute Gasteiger partial charge is 0.382 e. The Morgan fingerprint density at radius 2 is 2.05 bits per heavy atom. The maximum absolute atomic E-state index is 11.8. The van der Waals surface area contributed by atoms with Crippen molar-refractivity contribution in [1.29, 1.82) is 0 Å². The van der Waals surface area contributed by atoms with Crippen LogP contribution in [0, 0.1) is 0 Å². The predicted octanol–water partition coefficient (Wildman–Crippen LogP) is -0.685. The molecule has 0 atom stereocenters. The molecule has 1 amide bonds. The van der Waals surface area contributed by atoms with E-state index in [-0.39, 0.29) is 17.2 Å². The molecule has 0 fully saturated rings. The fraction of sp³-hybridized carbons (Fsp3) is 0.111. The number of rotatable bonds is 3. The summed E-state index contributed by atoms with van der Waals surface area (Å²) in [6.45, 7) is 0. The first-order chi connectivity index (χ1) is 8.88. The van der Waals surface area contributed by atoms with Crippen molar-refractivity contribution in [3.63, 3.8) is 0 Å². The summed E-state index contributed by atoms with van der Waals surface area (Å²) < 4.78 is 23.1. The van der Waals surface area contributed by atoms with Gasteiger partial charge in [0.25, 0.3) is 15.9 Å².